The van der Waals surface area contributed by atoms with E-state index in [2.05, 4.69) is 10.3 Å². The van der Waals surface area contributed by atoms with E-state index in [1.54, 1.807) is 0 Å². The number of para-hydroxylation sites is 1. The number of aromatic carboxylic acids is 1. The summed E-state index contributed by atoms with van der Waals surface area (Å²) in [6.07, 6.45) is 8.43. The highest BCUT2D eigenvalue weighted by Crippen LogP contribution is 2.32. The van der Waals surface area contributed by atoms with Crippen molar-refractivity contribution in [3.05, 3.63) is 53.4 Å². The zero-order valence-corrected chi connectivity index (χ0v) is 23.9. The molecule has 0 radical (unpaired) electrons. The molecule has 3 amide bonds. The number of hydrogen-bond acceptors (Lipinski definition) is 6. The molecule has 10 heteroatoms. The van der Waals surface area contributed by atoms with Crippen LogP contribution < -0.4 is 11.1 Å². The van der Waals surface area contributed by atoms with E-state index >= 15 is 0 Å². The summed E-state index contributed by atoms with van der Waals surface area (Å²) in [5.74, 6) is -1.56. The number of aryl methyl sites for hydroxylation is 2. The summed E-state index contributed by atoms with van der Waals surface area (Å²) in [6.45, 7) is 5.44. The molecule has 1 saturated carbocycles. The molecular formula is C30H41N5O5. The van der Waals surface area contributed by atoms with Crippen molar-refractivity contribution >= 4 is 28.8 Å². The van der Waals surface area contributed by atoms with Crippen molar-refractivity contribution in [3.8, 4) is 0 Å². The molecule has 1 fully saturated rings. The van der Waals surface area contributed by atoms with Gasteiger partial charge in [0.1, 0.15) is 11.8 Å². The van der Waals surface area contributed by atoms with Gasteiger partial charge in [0.2, 0.25) is 11.8 Å². The molecule has 40 heavy (non-hydrogen) atoms. The Balaban J connectivity index is 1.81. The zero-order valence-electron chi connectivity index (χ0n) is 23.9. The van der Waals surface area contributed by atoms with Crippen LogP contribution in [0, 0.1) is 12.8 Å². The number of aromatic nitrogens is 2. The minimum Gasteiger partial charge on any atom is -0.476 e. The number of hydrogen-bond donors (Lipinski definition) is 3. The minimum atomic E-state index is -1.24. The Hall–Kier alpha value is -3.66. The molecule has 216 valence electrons. The number of nitrogens with two attached hydrogens (primary N) is 1. The predicted molar refractivity (Wildman–Crippen MR) is 152 cm³/mol. The third kappa shape index (κ3) is 6.55. The molecule has 0 bridgehead atoms. The largest absolute Gasteiger partial charge is 0.476 e. The van der Waals surface area contributed by atoms with E-state index < -0.39 is 30.0 Å². The van der Waals surface area contributed by atoms with Gasteiger partial charge < -0.3 is 25.1 Å². The van der Waals surface area contributed by atoms with Gasteiger partial charge in [-0.25, -0.2) is 14.6 Å². The number of fused-ring (bicyclic) bond motifs is 1. The molecule has 0 saturated heterocycles. The van der Waals surface area contributed by atoms with Gasteiger partial charge in [0.15, 0.2) is 5.69 Å². The number of carboxylic acids is 1. The molecule has 0 aliphatic heterocycles. The minimum absolute atomic E-state index is 0.0102. The van der Waals surface area contributed by atoms with Crippen LogP contribution in [0.25, 0.3) is 10.9 Å². The number of carbonyl (C=O) groups excluding carboxylic acids is 2. The topological polar surface area (TPSA) is 144 Å². The fourth-order valence-corrected chi connectivity index (χ4v) is 5.69. The molecule has 2 aromatic heterocycles. The van der Waals surface area contributed by atoms with Gasteiger partial charge >= 0.3 is 12.0 Å². The van der Waals surface area contributed by atoms with E-state index in [4.69, 9.17) is 10.2 Å². The highest BCUT2D eigenvalue weighted by Gasteiger charge is 2.39. The van der Waals surface area contributed by atoms with Crippen LogP contribution in [-0.2, 0) is 18.3 Å². The molecule has 10 nitrogen and oxygen atoms in total. The average Bonchev–Trinajstić information content (AvgIpc) is 3.32. The third-order valence-corrected chi connectivity index (χ3v) is 7.69. The lowest BCUT2D eigenvalue weighted by Crippen LogP contribution is -2.54. The Morgan fingerprint density at radius 3 is 2.48 bits per heavy atom. The lowest BCUT2D eigenvalue weighted by Gasteiger charge is -2.32. The van der Waals surface area contributed by atoms with Crippen LogP contribution >= 0.6 is 0 Å². The van der Waals surface area contributed by atoms with Crippen molar-refractivity contribution in [1.82, 2.24) is 19.8 Å². The van der Waals surface area contributed by atoms with Gasteiger partial charge in [-0.1, -0.05) is 57.7 Å². The average molecular weight is 552 g/mol. The summed E-state index contributed by atoms with van der Waals surface area (Å²) < 4.78 is 7.85. The van der Waals surface area contributed by atoms with Crippen molar-refractivity contribution in [1.29, 1.82) is 0 Å². The molecule has 2 heterocycles. The lowest BCUT2D eigenvalue weighted by molar-refractivity contribution is -0.132. The normalized spacial score (nSPS) is 16.1. The van der Waals surface area contributed by atoms with Gasteiger partial charge in [0.25, 0.3) is 0 Å². The maximum atomic E-state index is 14.0. The first kappa shape index (κ1) is 29.3. The Bertz CT molecular complexity index is 1350. The monoisotopic (exact) mass is 551 g/mol. The third-order valence-electron chi connectivity index (χ3n) is 7.69. The van der Waals surface area contributed by atoms with Gasteiger partial charge in [0.05, 0.1) is 6.04 Å². The first-order valence-electron chi connectivity index (χ1n) is 14.2. The lowest BCUT2D eigenvalue weighted by atomic mass is 10.00. The molecule has 2 atom stereocenters. The second kappa shape index (κ2) is 12.7. The number of urea groups is 1. The fraction of sp³-hybridized carbons (Fsp3) is 0.533. The summed E-state index contributed by atoms with van der Waals surface area (Å²) in [4.78, 5) is 45.2. The highest BCUT2D eigenvalue weighted by atomic mass is 16.4. The number of rotatable bonds is 9. The first-order chi connectivity index (χ1) is 19.1. The van der Waals surface area contributed by atoms with Crippen LogP contribution in [-0.4, -0.2) is 49.5 Å². The van der Waals surface area contributed by atoms with Crippen molar-refractivity contribution < 1.29 is 23.9 Å². The van der Waals surface area contributed by atoms with Crippen LogP contribution in [0.2, 0.25) is 0 Å². The number of nitrogens with one attached hydrogen (secondary N) is 1. The summed E-state index contributed by atoms with van der Waals surface area (Å²) in [5.41, 5.74) is 7.99. The van der Waals surface area contributed by atoms with Crippen molar-refractivity contribution in [2.45, 2.75) is 90.3 Å². The molecule has 4 rings (SSSR count). The Kier molecular flexibility index (Phi) is 9.29. The summed E-state index contributed by atoms with van der Waals surface area (Å²) in [6, 6.07) is 5.29. The summed E-state index contributed by atoms with van der Waals surface area (Å²) in [7, 11) is 1.93. The first-order valence-corrected chi connectivity index (χ1v) is 14.2. The number of carbonyl (C=O) groups is 3. The molecular weight excluding hydrogens is 510 g/mol. The Morgan fingerprint density at radius 1 is 1.18 bits per heavy atom. The van der Waals surface area contributed by atoms with Gasteiger partial charge in [-0.05, 0) is 43.7 Å². The SMILES string of the molecule is Cc1oc([C@@H](Cc2cn(C)c3ccccc23)N(C(=O)NC2CCCCCC2)C(=O)C(N)CC(C)C)nc1C(=O)O. The molecule has 3 aromatic rings. The second-order valence-electron chi connectivity index (χ2n) is 11.3. The van der Waals surface area contributed by atoms with Crippen LogP contribution in [0.15, 0.2) is 34.9 Å². The predicted octanol–water partition coefficient (Wildman–Crippen LogP) is 5.09. The number of oxazole rings is 1. The number of carboxylic acid groups (broad SMARTS) is 1. The highest BCUT2D eigenvalue weighted by molar-refractivity contribution is 5.98. The van der Waals surface area contributed by atoms with E-state index in [-0.39, 0.29) is 35.7 Å². The summed E-state index contributed by atoms with van der Waals surface area (Å²) in [5, 5.41) is 13.7. The smallest absolute Gasteiger partial charge is 0.358 e. The van der Waals surface area contributed by atoms with Gasteiger partial charge in [-0.15, -0.1) is 0 Å². The quantitative estimate of drug-likeness (QED) is 0.314. The molecule has 1 unspecified atom stereocenters. The van der Waals surface area contributed by atoms with Crippen molar-refractivity contribution in [2.75, 3.05) is 0 Å². The van der Waals surface area contributed by atoms with Crippen LogP contribution in [0.5, 0.6) is 0 Å². The van der Waals surface area contributed by atoms with Gasteiger partial charge in [-0.2, -0.15) is 0 Å². The zero-order chi connectivity index (χ0) is 29.0. The second-order valence-corrected chi connectivity index (χ2v) is 11.3. The molecule has 1 aromatic carbocycles. The van der Waals surface area contributed by atoms with E-state index in [1.807, 2.05) is 55.9 Å². The number of imide groups is 1. The Morgan fingerprint density at radius 2 is 1.85 bits per heavy atom. The van der Waals surface area contributed by atoms with Crippen molar-refractivity contribution in [2.24, 2.45) is 18.7 Å². The standard InChI is InChI=1S/C30H41N5O5/c1-18(2)15-23(31)28(36)35(30(39)32-21-11-7-5-6-8-12-21)25(27-33-26(29(37)38)19(3)40-27)16-20-17-34(4)24-14-10-9-13-22(20)24/h9-10,13-14,17-18,21,23,25H,5-8,11-12,15-16,31H2,1-4H3,(H,32,39)(H,37,38)/t23?,25-/m1/s1. The molecule has 1 aliphatic rings. The molecule has 4 N–H and O–H groups in total. The van der Waals surface area contributed by atoms with E-state index in [1.165, 1.54) is 6.92 Å². The van der Waals surface area contributed by atoms with Crippen LogP contribution in [0.3, 0.4) is 0 Å². The summed E-state index contributed by atoms with van der Waals surface area (Å²) >= 11 is 0. The van der Waals surface area contributed by atoms with Crippen LogP contribution in [0.1, 0.15) is 92.5 Å². The molecule has 0 spiro atoms. The van der Waals surface area contributed by atoms with Crippen molar-refractivity contribution in [3.63, 3.8) is 0 Å². The maximum absolute atomic E-state index is 14.0. The number of nitrogens with zero attached hydrogens (tertiary/aromatic N) is 3. The number of benzene rings is 1. The number of amides is 3. The van der Waals surface area contributed by atoms with E-state index in [0.717, 1.165) is 59.9 Å². The van der Waals surface area contributed by atoms with E-state index in [9.17, 15) is 19.5 Å². The van der Waals surface area contributed by atoms with E-state index in [0.29, 0.717) is 6.42 Å². The van der Waals surface area contributed by atoms with Crippen LogP contribution in [0.4, 0.5) is 4.79 Å². The Labute approximate surface area is 234 Å². The van der Waals surface area contributed by atoms with Gasteiger partial charge in [0, 0.05) is 36.6 Å². The maximum Gasteiger partial charge on any atom is 0.358 e. The fourth-order valence-electron chi connectivity index (χ4n) is 5.69. The van der Waals surface area contributed by atoms with Gasteiger partial charge in [-0.3, -0.25) is 9.69 Å². The molecule has 1 aliphatic carbocycles.